The molecule has 0 unspecified atom stereocenters. The van der Waals surface area contributed by atoms with Crippen LogP contribution in [0.15, 0.2) is 47.6 Å². The molecule has 35 heavy (non-hydrogen) atoms. The van der Waals surface area contributed by atoms with E-state index < -0.39 is 0 Å². The lowest BCUT2D eigenvalue weighted by Gasteiger charge is -2.27. The second-order valence-corrected chi connectivity index (χ2v) is 9.67. The number of benzene rings is 2. The number of aromatic nitrogens is 3. The summed E-state index contributed by atoms with van der Waals surface area (Å²) in [7, 11) is 5.02. The van der Waals surface area contributed by atoms with Gasteiger partial charge in [0.2, 0.25) is 11.9 Å². The summed E-state index contributed by atoms with van der Waals surface area (Å²) in [5, 5.41) is 9.74. The molecule has 2 heterocycles. The molecule has 9 heteroatoms. The van der Waals surface area contributed by atoms with Gasteiger partial charge < -0.3 is 19.3 Å². The van der Waals surface area contributed by atoms with Crippen LogP contribution in [0, 0.1) is 6.92 Å². The van der Waals surface area contributed by atoms with Crippen LogP contribution in [0.1, 0.15) is 30.4 Å². The van der Waals surface area contributed by atoms with Crippen LogP contribution < -0.4 is 14.4 Å². The third-order valence-corrected chi connectivity index (χ3v) is 7.08. The molecule has 1 saturated heterocycles. The van der Waals surface area contributed by atoms with Crippen LogP contribution in [-0.4, -0.2) is 65.7 Å². The summed E-state index contributed by atoms with van der Waals surface area (Å²) in [4.78, 5) is 17.0. The molecule has 1 aromatic heterocycles. The van der Waals surface area contributed by atoms with Crippen molar-refractivity contribution < 1.29 is 14.3 Å². The van der Waals surface area contributed by atoms with Gasteiger partial charge in [-0.1, -0.05) is 35.5 Å². The van der Waals surface area contributed by atoms with Crippen molar-refractivity contribution in [3.8, 4) is 17.2 Å². The van der Waals surface area contributed by atoms with Gasteiger partial charge in [-0.2, -0.15) is 0 Å². The molecule has 0 saturated carbocycles. The highest BCUT2D eigenvalue weighted by Gasteiger charge is 2.22. The number of amides is 1. The fraction of sp³-hybridized carbons (Fsp3) is 0.423. The number of methoxy groups -OCH3 is 2. The number of hydrogen-bond donors (Lipinski definition) is 0. The van der Waals surface area contributed by atoms with Gasteiger partial charge in [0.1, 0.15) is 0 Å². The summed E-state index contributed by atoms with van der Waals surface area (Å²) in [5.74, 6) is 2.45. The number of hydrogen-bond acceptors (Lipinski definition) is 7. The molecule has 0 bridgehead atoms. The van der Waals surface area contributed by atoms with E-state index in [1.807, 2.05) is 25.2 Å². The van der Waals surface area contributed by atoms with Crippen LogP contribution in [0.5, 0.6) is 11.5 Å². The standard InChI is InChI=1S/C26H33N5O3S/c1-19-8-11-21(12-9-19)31-25(30-14-6-5-7-15-30)27-28-26(31)35-18-24(32)29(2)17-20-10-13-22(33-3)23(16-20)34-4/h8-13,16H,5-7,14-15,17-18H2,1-4H3. The first-order chi connectivity index (χ1) is 17.0. The molecule has 1 aliphatic heterocycles. The van der Waals surface area contributed by atoms with Gasteiger partial charge >= 0.3 is 0 Å². The zero-order valence-electron chi connectivity index (χ0n) is 20.9. The predicted octanol–water partition coefficient (Wildman–Crippen LogP) is 4.33. The van der Waals surface area contributed by atoms with Gasteiger partial charge in [0.05, 0.1) is 25.7 Å². The normalized spacial score (nSPS) is 13.5. The molecule has 0 atom stereocenters. The van der Waals surface area contributed by atoms with Gasteiger partial charge in [-0.3, -0.25) is 9.36 Å². The first kappa shape index (κ1) is 24.9. The van der Waals surface area contributed by atoms with E-state index >= 15 is 0 Å². The molecule has 8 nitrogen and oxygen atoms in total. The largest absolute Gasteiger partial charge is 0.493 e. The van der Waals surface area contributed by atoms with Crippen LogP contribution in [-0.2, 0) is 11.3 Å². The molecule has 1 amide bonds. The molecule has 3 aromatic rings. The van der Waals surface area contributed by atoms with Crippen molar-refractivity contribution in [2.24, 2.45) is 0 Å². The fourth-order valence-corrected chi connectivity index (χ4v) is 5.04. The summed E-state index contributed by atoms with van der Waals surface area (Å²) < 4.78 is 12.8. The lowest BCUT2D eigenvalue weighted by atomic mass is 10.1. The van der Waals surface area contributed by atoms with Crippen LogP contribution >= 0.6 is 11.8 Å². The lowest BCUT2D eigenvalue weighted by molar-refractivity contribution is -0.127. The molecule has 0 radical (unpaired) electrons. The predicted molar refractivity (Wildman–Crippen MR) is 139 cm³/mol. The second-order valence-electron chi connectivity index (χ2n) is 8.73. The summed E-state index contributed by atoms with van der Waals surface area (Å²) >= 11 is 1.42. The minimum atomic E-state index is 0.0164. The Bertz CT molecular complexity index is 1140. The minimum Gasteiger partial charge on any atom is -0.493 e. The molecule has 0 N–H and O–H groups in total. The van der Waals surface area contributed by atoms with Crippen LogP contribution in [0.3, 0.4) is 0 Å². The minimum absolute atomic E-state index is 0.0164. The Balaban J connectivity index is 1.48. The molecular weight excluding hydrogens is 462 g/mol. The van der Waals surface area contributed by atoms with E-state index in [-0.39, 0.29) is 11.7 Å². The van der Waals surface area contributed by atoms with Gasteiger partial charge in [0, 0.05) is 26.7 Å². The van der Waals surface area contributed by atoms with E-state index in [0.717, 1.165) is 48.3 Å². The third-order valence-electron chi connectivity index (χ3n) is 6.17. The third kappa shape index (κ3) is 5.90. The van der Waals surface area contributed by atoms with Gasteiger partial charge in [-0.05, 0) is 56.0 Å². The van der Waals surface area contributed by atoms with Crippen molar-refractivity contribution in [2.75, 3.05) is 45.0 Å². The van der Waals surface area contributed by atoms with E-state index in [1.54, 1.807) is 19.1 Å². The van der Waals surface area contributed by atoms with Crippen molar-refractivity contribution in [3.63, 3.8) is 0 Å². The smallest absolute Gasteiger partial charge is 0.233 e. The Morgan fingerprint density at radius 2 is 1.71 bits per heavy atom. The van der Waals surface area contributed by atoms with Gasteiger partial charge in [-0.15, -0.1) is 10.2 Å². The molecule has 0 aliphatic carbocycles. The Hall–Kier alpha value is -3.20. The first-order valence-corrected chi connectivity index (χ1v) is 12.8. The number of aryl methyl sites for hydroxylation is 1. The zero-order valence-corrected chi connectivity index (χ0v) is 21.7. The maximum atomic E-state index is 13.0. The number of rotatable bonds is 9. The van der Waals surface area contributed by atoms with Gasteiger partial charge in [0.25, 0.3) is 0 Å². The van der Waals surface area contributed by atoms with E-state index in [4.69, 9.17) is 9.47 Å². The maximum Gasteiger partial charge on any atom is 0.233 e. The second kappa shape index (κ2) is 11.5. The average molecular weight is 496 g/mol. The van der Waals surface area contributed by atoms with Crippen LogP contribution in [0.4, 0.5) is 5.95 Å². The van der Waals surface area contributed by atoms with Crippen LogP contribution in [0.2, 0.25) is 0 Å². The lowest BCUT2D eigenvalue weighted by Crippen LogP contribution is -2.31. The van der Waals surface area contributed by atoms with Gasteiger partial charge in [-0.25, -0.2) is 0 Å². The van der Waals surface area contributed by atoms with E-state index in [9.17, 15) is 4.79 Å². The molecule has 186 valence electrons. The Morgan fingerprint density at radius 1 is 1.00 bits per heavy atom. The van der Waals surface area contributed by atoms with E-state index in [1.165, 1.54) is 23.7 Å². The molecule has 4 rings (SSSR count). The van der Waals surface area contributed by atoms with Crippen molar-refractivity contribution in [3.05, 3.63) is 53.6 Å². The number of anilines is 1. The highest BCUT2D eigenvalue weighted by Crippen LogP contribution is 2.30. The van der Waals surface area contributed by atoms with E-state index in [2.05, 4.69) is 50.9 Å². The number of nitrogens with zero attached hydrogens (tertiary/aromatic N) is 5. The Morgan fingerprint density at radius 3 is 2.40 bits per heavy atom. The quantitative estimate of drug-likeness (QED) is 0.409. The topological polar surface area (TPSA) is 72.7 Å². The number of piperidine rings is 1. The summed E-state index contributed by atoms with van der Waals surface area (Å²) in [6, 6.07) is 14.0. The highest BCUT2D eigenvalue weighted by molar-refractivity contribution is 7.99. The van der Waals surface area contributed by atoms with Crippen molar-refractivity contribution >= 4 is 23.6 Å². The number of carbonyl (C=O) groups is 1. The molecule has 1 fully saturated rings. The Kier molecular flexibility index (Phi) is 8.17. The van der Waals surface area contributed by atoms with Crippen molar-refractivity contribution in [1.29, 1.82) is 0 Å². The van der Waals surface area contributed by atoms with Crippen molar-refractivity contribution in [1.82, 2.24) is 19.7 Å². The zero-order chi connectivity index (χ0) is 24.8. The SMILES string of the molecule is COc1ccc(CN(C)C(=O)CSc2nnc(N3CCCCC3)n2-c2ccc(C)cc2)cc1OC. The molecule has 0 spiro atoms. The average Bonchev–Trinajstić information content (AvgIpc) is 3.32. The molecular formula is C26H33N5O3S. The van der Waals surface area contributed by atoms with Crippen molar-refractivity contribution in [2.45, 2.75) is 37.9 Å². The number of thioether (sulfide) groups is 1. The van der Waals surface area contributed by atoms with E-state index in [0.29, 0.717) is 18.0 Å². The number of ether oxygens (including phenoxy) is 2. The monoisotopic (exact) mass is 495 g/mol. The highest BCUT2D eigenvalue weighted by atomic mass is 32.2. The summed E-state index contributed by atoms with van der Waals surface area (Å²) in [5.41, 5.74) is 3.18. The maximum absolute atomic E-state index is 13.0. The first-order valence-electron chi connectivity index (χ1n) is 11.8. The van der Waals surface area contributed by atoms with Crippen LogP contribution in [0.25, 0.3) is 5.69 Å². The number of carbonyl (C=O) groups excluding carboxylic acids is 1. The van der Waals surface area contributed by atoms with Gasteiger partial charge in [0.15, 0.2) is 16.7 Å². The summed E-state index contributed by atoms with van der Waals surface area (Å²) in [6.07, 6.45) is 3.56. The fourth-order valence-electron chi connectivity index (χ4n) is 4.15. The molecule has 1 aliphatic rings. The molecule has 2 aromatic carbocycles. The Labute approximate surface area is 211 Å². The summed E-state index contributed by atoms with van der Waals surface area (Å²) in [6.45, 7) is 4.50.